The molecule has 0 bridgehead atoms. The average molecular weight is 971 g/mol. The lowest BCUT2D eigenvalue weighted by molar-refractivity contribution is -0.131. The number of thioether (sulfide) groups is 2. The summed E-state index contributed by atoms with van der Waals surface area (Å²) in [6.07, 6.45) is 19.9. The molecule has 0 aliphatic carbocycles. The Labute approximate surface area is 421 Å². The number of ketones is 4. The predicted molar refractivity (Wildman–Crippen MR) is 290 cm³/mol. The summed E-state index contributed by atoms with van der Waals surface area (Å²) in [5.41, 5.74) is 7.32. The third-order valence-corrected chi connectivity index (χ3v) is 15.6. The van der Waals surface area contributed by atoms with Gasteiger partial charge in [-0.15, -0.1) is 23.5 Å². The van der Waals surface area contributed by atoms with Crippen molar-refractivity contribution in [1.29, 1.82) is 0 Å². The van der Waals surface area contributed by atoms with E-state index in [4.69, 9.17) is 0 Å². The predicted octanol–water partition coefficient (Wildman–Crippen LogP) is 14.8. The number of Topliss-reactive ketones (excluding diaryl/α,β-unsaturated/α-hetero) is 4. The van der Waals surface area contributed by atoms with Crippen LogP contribution in [0.1, 0.15) is 123 Å². The summed E-state index contributed by atoms with van der Waals surface area (Å²) in [6, 6.07) is 43.9. The molecule has 0 spiro atoms. The van der Waals surface area contributed by atoms with Crippen molar-refractivity contribution in [2.24, 2.45) is 0 Å². The Bertz CT molecular complexity index is 2810. The molecule has 4 aromatic heterocycles. The number of benzene rings is 4. The Morgan fingerprint density at radius 3 is 1.20 bits per heavy atom. The van der Waals surface area contributed by atoms with Gasteiger partial charge in [0.05, 0.1) is 44.8 Å². The summed E-state index contributed by atoms with van der Waals surface area (Å²) in [6.45, 7) is 5.25. The van der Waals surface area contributed by atoms with Crippen molar-refractivity contribution in [1.82, 2.24) is 18.3 Å². The van der Waals surface area contributed by atoms with Gasteiger partial charge in [0.2, 0.25) is 0 Å². The molecule has 0 N–H and O–H groups in total. The van der Waals surface area contributed by atoms with Crippen LogP contribution in [0.25, 0.3) is 33.4 Å². The smallest absolute Gasteiger partial charge is 0.279 e. The first-order chi connectivity index (χ1) is 34.4. The van der Waals surface area contributed by atoms with Gasteiger partial charge in [-0.2, -0.15) is 0 Å². The minimum Gasteiger partial charge on any atom is -0.336 e. The molecule has 70 heavy (non-hydrogen) atoms. The molecule has 0 amide bonds. The first-order valence-electron chi connectivity index (χ1n) is 25.5. The molecule has 0 atom stereocenters. The Morgan fingerprint density at radius 1 is 0.414 bits per heavy atom. The van der Waals surface area contributed by atoms with Crippen LogP contribution in [0.2, 0.25) is 0 Å². The van der Waals surface area contributed by atoms with Gasteiger partial charge >= 0.3 is 0 Å². The fraction of sp³-hybridized carbons (Fsp3) is 0.333. The van der Waals surface area contributed by atoms with Crippen LogP contribution in [0.3, 0.4) is 0 Å². The Hall–Kier alpha value is -6.10. The number of rotatable bonds is 29. The van der Waals surface area contributed by atoms with Crippen molar-refractivity contribution in [3.05, 3.63) is 168 Å². The van der Waals surface area contributed by atoms with Gasteiger partial charge in [-0.05, 0) is 96.8 Å². The molecular formula is C60H66N4O4S2. The van der Waals surface area contributed by atoms with Crippen molar-refractivity contribution >= 4 is 68.7 Å². The van der Waals surface area contributed by atoms with Crippen molar-refractivity contribution in [3.8, 4) is 11.4 Å². The zero-order valence-corrected chi connectivity index (χ0v) is 42.5. The lowest BCUT2D eigenvalue weighted by Crippen LogP contribution is -2.33. The van der Waals surface area contributed by atoms with E-state index >= 15 is 0 Å². The highest BCUT2D eigenvalue weighted by Crippen LogP contribution is 2.34. The second-order valence-corrected chi connectivity index (χ2v) is 20.5. The van der Waals surface area contributed by atoms with E-state index in [1.165, 1.54) is 64.2 Å². The molecule has 0 aliphatic rings. The van der Waals surface area contributed by atoms with Crippen molar-refractivity contribution in [2.45, 2.75) is 127 Å². The van der Waals surface area contributed by atoms with Gasteiger partial charge in [-0.25, -0.2) is 0 Å². The van der Waals surface area contributed by atoms with Crippen molar-refractivity contribution in [3.63, 3.8) is 0 Å². The molecule has 4 heterocycles. The van der Waals surface area contributed by atoms with Crippen LogP contribution in [-0.4, -0.2) is 52.9 Å². The van der Waals surface area contributed by atoms with E-state index in [0.29, 0.717) is 25.9 Å². The van der Waals surface area contributed by atoms with Crippen LogP contribution in [0.15, 0.2) is 156 Å². The van der Waals surface area contributed by atoms with Crippen LogP contribution in [-0.2, 0) is 35.5 Å². The number of unbranched alkanes of at least 4 members (excludes halogenated alkanes) is 10. The number of aromatic nitrogens is 4. The number of carbonyl (C=O) groups excluding carboxylic acids is 4. The highest BCUT2D eigenvalue weighted by atomic mass is 32.2. The quantitative estimate of drug-likeness (QED) is 0.0153. The maximum absolute atomic E-state index is 14.6. The first kappa shape index (κ1) is 50.3. The van der Waals surface area contributed by atoms with E-state index in [9.17, 15) is 19.2 Å². The SMILES string of the molecule is CCCCCCCCSc1ccccc1-n1ccc2c1cc(C(=O)C(=O)C(=O)C(=O)c1cc3c(ccn3-c3ccccc3SCCCCCCCC)n1CCc1ccccc1)n2CCc1ccccc1. The van der Waals surface area contributed by atoms with Gasteiger partial charge in [0.15, 0.2) is 0 Å². The average Bonchev–Trinajstić information content (AvgIpc) is 4.18. The van der Waals surface area contributed by atoms with Gasteiger partial charge in [0, 0.05) is 35.3 Å². The van der Waals surface area contributed by atoms with Gasteiger partial charge in [0.25, 0.3) is 23.1 Å². The summed E-state index contributed by atoms with van der Waals surface area (Å²) in [5, 5.41) is 0. The van der Waals surface area contributed by atoms with E-state index in [0.717, 1.165) is 78.7 Å². The number of nitrogens with zero attached hydrogens (tertiary/aromatic N) is 4. The largest absolute Gasteiger partial charge is 0.336 e. The molecule has 0 unspecified atom stereocenters. The lowest BCUT2D eigenvalue weighted by Gasteiger charge is -2.11. The molecule has 0 saturated carbocycles. The minimum absolute atomic E-state index is 0.0878. The van der Waals surface area contributed by atoms with E-state index in [1.54, 1.807) is 12.1 Å². The maximum atomic E-state index is 14.6. The van der Waals surface area contributed by atoms with E-state index in [1.807, 2.05) is 142 Å². The minimum atomic E-state index is -1.34. The Balaban J connectivity index is 1.09. The molecule has 0 radical (unpaired) electrons. The highest BCUT2D eigenvalue weighted by molar-refractivity contribution is 7.99. The third kappa shape index (κ3) is 12.1. The summed E-state index contributed by atoms with van der Waals surface area (Å²) in [7, 11) is 0. The molecule has 10 heteroatoms. The zero-order chi connectivity index (χ0) is 48.7. The molecule has 0 saturated heterocycles. The molecule has 362 valence electrons. The molecular weight excluding hydrogens is 905 g/mol. The summed E-state index contributed by atoms with van der Waals surface area (Å²) in [4.78, 5) is 60.1. The van der Waals surface area contributed by atoms with Crippen LogP contribution >= 0.6 is 23.5 Å². The second-order valence-electron chi connectivity index (χ2n) is 18.2. The Kier molecular flexibility index (Phi) is 18.1. The number of fused-ring (bicyclic) bond motifs is 2. The summed E-state index contributed by atoms with van der Waals surface area (Å²) in [5.74, 6) is -2.67. The van der Waals surface area contributed by atoms with Gasteiger partial charge in [0.1, 0.15) is 0 Å². The number of aryl methyl sites for hydroxylation is 4. The van der Waals surface area contributed by atoms with Crippen LogP contribution in [0, 0.1) is 0 Å². The standard InChI is InChI=1S/C60H66N4O4S2/c1-3-5-7-9-11-23-41-69-55-31-21-19-29-49(55)63-39-35-47-51(63)43-53(61(47)37-33-45-25-15-13-16-26-45)57(65)59(67)60(68)58(66)54-44-52-48(62(54)38-34-46-27-17-14-18-28-46)36-40-64(52)50-30-20-22-32-56(50)70-42-24-12-10-8-6-4-2/h13-22,25-32,35-36,39-40,43-44H,3-12,23-24,33-34,37-38,41-42H2,1-2H3. The highest BCUT2D eigenvalue weighted by Gasteiger charge is 2.35. The fourth-order valence-electron chi connectivity index (χ4n) is 9.46. The molecule has 8 rings (SSSR count). The van der Waals surface area contributed by atoms with Crippen LogP contribution in [0.5, 0.6) is 0 Å². The van der Waals surface area contributed by atoms with Gasteiger partial charge < -0.3 is 18.3 Å². The van der Waals surface area contributed by atoms with E-state index in [-0.39, 0.29) is 11.4 Å². The number of para-hydroxylation sites is 2. The normalized spacial score (nSPS) is 11.5. The number of carbonyl (C=O) groups is 4. The zero-order valence-electron chi connectivity index (χ0n) is 40.8. The van der Waals surface area contributed by atoms with Crippen LogP contribution < -0.4 is 0 Å². The topological polar surface area (TPSA) is 88.0 Å². The van der Waals surface area contributed by atoms with Crippen molar-refractivity contribution < 1.29 is 19.2 Å². The van der Waals surface area contributed by atoms with Crippen LogP contribution in [0.4, 0.5) is 0 Å². The van der Waals surface area contributed by atoms with Gasteiger partial charge in [-0.3, -0.25) is 19.2 Å². The monoisotopic (exact) mass is 970 g/mol. The van der Waals surface area contributed by atoms with Gasteiger partial charge in [-0.1, -0.05) is 163 Å². The number of hydrogen-bond donors (Lipinski definition) is 0. The summed E-state index contributed by atoms with van der Waals surface area (Å²) < 4.78 is 7.81. The maximum Gasteiger partial charge on any atom is 0.279 e. The van der Waals surface area contributed by atoms with E-state index in [2.05, 4.69) is 47.2 Å². The fourth-order valence-corrected chi connectivity index (χ4v) is 11.6. The second kappa shape index (κ2) is 25.1. The van der Waals surface area contributed by atoms with Crippen molar-refractivity contribution in [2.75, 3.05) is 11.5 Å². The summed E-state index contributed by atoms with van der Waals surface area (Å²) >= 11 is 3.66. The molecule has 8 nitrogen and oxygen atoms in total. The molecule has 0 aliphatic heterocycles. The first-order valence-corrected chi connectivity index (χ1v) is 27.5. The third-order valence-electron chi connectivity index (χ3n) is 13.3. The Morgan fingerprint density at radius 2 is 0.786 bits per heavy atom. The number of hydrogen-bond acceptors (Lipinski definition) is 6. The molecule has 0 fully saturated rings. The molecule has 8 aromatic rings. The van der Waals surface area contributed by atoms with E-state index < -0.39 is 23.1 Å². The lowest BCUT2D eigenvalue weighted by atomic mass is 10.0. The molecule has 4 aromatic carbocycles.